The predicted octanol–water partition coefficient (Wildman–Crippen LogP) is 2.45. The van der Waals surface area contributed by atoms with E-state index in [2.05, 4.69) is 9.97 Å². The number of rotatable bonds is 0. The zero-order valence-corrected chi connectivity index (χ0v) is 8.89. The fourth-order valence-corrected chi connectivity index (χ4v) is 2.87. The standard InChI is InChI=1S/C11H8N2OS/c1-6-3-2-4-7-8-10(15-9(6)7)11(14)13-5-12-8/h2-5H,1H3,(H,12,13,14). The van der Waals surface area contributed by atoms with Crippen LogP contribution in [0.25, 0.3) is 20.3 Å². The number of benzene rings is 1. The van der Waals surface area contributed by atoms with E-state index in [-0.39, 0.29) is 5.56 Å². The van der Waals surface area contributed by atoms with E-state index in [1.807, 2.05) is 25.1 Å². The Morgan fingerprint density at radius 2 is 2.20 bits per heavy atom. The van der Waals surface area contributed by atoms with Gasteiger partial charge in [-0.2, -0.15) is 0 Å². The minimum Gasteiger partial charge on any atom is -0.312 e. The van der Waals surface area contributed by atoms with Crippen LogP contribution < -0.4 is 5.56 Å². The summed E-state index contributed by atoms with van der Waals surface area (Å²) in [6.07, 6.45) is 1.46. The summed E-state index contributed by atoms with van der Waals surface area (Å²) in [6, 6.07) is 6.05. The second-order valence-electron chi connectivity index (χ2n) is 3.46. The molecule has 0 aliphatic carbocycles. The molecule has 0 fully saturated rings. The van der Waals surface area contributed by atoms with Gasteiger partial charge in [0.25, 0.3) is 5.56 Å². The van der Waals surface area contributed by atoms with Crippen molar-refractivity contribution < 1.29 is 0 Å². The van der Waals surface area contributed by atoms with E-state index in [0.29, 0.717) is 4.70 Å². The molecule has 3 rings (SSSR count). The number of nitrogens with zero attached hydrogens (tertiary/aromatic N) is 1. The number of aromatic nitrogens is 2. The van der Waals surface area contributed by atoms with Gasteiger partial charge in [0, 0.05) is 10.1 Å². The summed E-state index contributed by atoms with van der Waals surface area (Å²) in [5, 5.41) is 1.07. The molecule has 0 bridgehead atoms. The SMILES string of the molecule is Cc1cccc2c1sc1c(=O)[nH]cnc12. The van der Waals surface area contributed by atoms with Gasteiger partial charge >= 0.3 is 0 Å². The Hall–Kier alpha value is -1.68. The van der Waals surface area contributed by atoms with E-state index < -0.39 is 0 Å². The van der Waals surface area contributed by atoms with Crippen molar-refractivity contribution >= 4 is 31.6 Å². The molecule has 0 aliphatic heterocycles. The third-order valence-electron chi connectivity index (χ3n) is 2.48. The van der Waals surface area contributed by atoms with Gasteiger partial charge in [0.2, 0.25) is 0 Å². The lowest BCUT2D eigenvalue weighted by Crippen LogP contribution is -2.03. The number of H-pyrrole nitrogens is 1. The first-order valence-corrected chi connectivity index (χ1v) is 5.44. The summed E-state index contributed by atoms with van der Waals surface area (Å²) in [7, 11) is 0. The molecule has 15 heavy (non-hydrogen) atoms. The van der Waals surface area contributed by atoms with Gasteiger partial charge in [-0.3, -0.25) is 4.79 Å². The molecule has 2 heterocycles. The van der Waals surface area contributed by atoms with Crippen molar-refractivity contribution in [2.45, 2.75) is 6.92 Å². The van der Waals surface area contributed by atoms with Crippen LogP contribution in [0.1, 0.15) is 5.56 Å². The highest BCUT2D eigenvalue weighted by Gasteiger charge is 2.09. The maximum Gasteiger partial charge on any atom is 0.268 e. The molecule has 0 amide bonds. The average Bonchev–Trinajstić information content (AvgIpc) is 2.60. The molecule has 2 aromatic heterocycles. The van der Waals surface area contributed by atoms with Gasteiger partial charge in [-0.1, -0.05) is 18.2 Å². The Balaban J connectivity index is 2.69. The Labute approximate surface area is 89.4 Å². The average molecular weight is 216 g/mol. The summed E-state index contributed by atoms with van der Waals surface area (Å²) in [4.78, 5) is 18.4. The highest BCUT2D eigenvalue weighted by Crippen LogP contribution is 2.31. The van der Waals surface area contributed by atoms with Gasteiger partial charge in [-0.25, -0.2) is 4.98 Å². The van der Waals surface area contributed by atoms with Crippen LogP contribution in [0, 0.1) is 6.92 Å². The number of aromatic amines is 1. The molecule has 0 radical (unpaired) electrons. The molecule has 0 aliphatic rings. The lowest BCUT2D eigenvalue weighted by molar-refractivity contribution is 1.18. The monoisotopic (exact) mass is 216 g/mol. The molecular formula is C11H8N2OS. The van der Waals surface area contributed by atoms with E-state index >= 15 is 0 Å². The minimum atomic E-state index is -0.0550. The third-order valence-corrected chi connectivity index (χ3v) is 3.81. The van der Waals surface area contributed by atoms with E-state index in [1.165, 1.54) is 23.2 Å². The van der Waals surface area contributed by atoms with Crippen molar-refractivity contribution in [2.75, 3.05) is 0 Å². The Bertz CT molecular complexity index is 711. The predicted molar refractivity (Wildman–Crippen MR) is 62.5 cm³/mol. The maximum absolute atomic E-state index is 11.6. The molecule has 0 spiro atoms. The third kappa shape index (κ3) is 1.11. The van der Waals surface area contributed by atoms with E-state index in [4.69, 9.17) is 0 Å². The highest BCUT2D eigenvalue weighted by atomic mass is 32.1. The topological polar surface area (TPSA) is 45.8 Å². The summed E-state index contributed by atoms with van der Waals surface area (Å²) < 4.78 is 1.86. The zero-order chi connectivity index (χ0) is 10.4. The van der Waals surface area contributed by atoms with Crippen LogP contribution in [0.15, 0.2) is 29.3 Å². The summed E-state index contributed by atoms with van der Waals surface area (Å²) in [6.45, 7) is 2.05. The van der Waals surface area contributed by atoms with Crippen LogP contribution in [-0.4, -0.2) is 9.97 Å². The smallest absolute Gasteiger partial charge is 0.268 e. The van der Waals surface area contributed by atoms with Crippen LogP contribution in [0.2, 0.25) is 0 Å². The molecule has 3 aromatic rings. The summed E-state index contributed by atoms with van der Waals surface area (Å²) >= 11 is 1.51. The van der Waals surface area contributed by atoms with E-state index in [1.54, 1.807) is 0 Å². The van der Waals surface area contributed by atoms with Gasteiger partial charge in [-0.15, -0.1) is 11.3 Å². The second kappa shape index (κ2) is 2.90. The van der Waals surface area contributed by atoms with E-state index in [9.17, 15) is 4.79 Å². The molecule has 1 aromatic carbocycles. The lowest BCUT2D eigenvalue weighted by atomic mass is 10.2. The molecule has 0 saturated heterocycles. The van der Waals surface area contributed by atoms with Crippen molar-refractivity contribution in [1.29, 1.82) is 0 Å². The quantitative estimate of drug-likeness (QED) is 0.627. The maximum atomic E-state index is 11.6. The molecule has 4 heteroatoms. The first-order valence-electron chi connectivity index (χ1n) is 4.63. The van der Waals surface area contributed by atoms with Crippen molar-refractivity contribution in [2.24, 2.45) is 0 Å². The van der Waals surface area contributed by atoms with Crippen molar-refractivity contribution in [3.63, 3.8) is 0 Å². The molecular weight excluding hydrogens is 208 g/mol. The molecule has 74 valence electrons. The van der Waals surface area contributed by atoms with Crippen molar-refractivity contribution in [3.05, 3.63) is 40.4 Å². The lowest BCUT2D eigenvalue weighted by Gasteiger charge is -1.92. The fraction of sp³-hybridized carbons (Fsp3) is 0.0909. The molecule has 1 N–H and O–H groups in total. The molecule has 0 saturated carbocycles. The first-order chi connectivity index (χ1) is 7.27. The summed E-state index contributed by atoms with van der Waals surface area (Å²) in [5.41, 5.74) is 1.94. The van der Waals surface area contributed by atoms with Crippen LogP contribution >= 0.6 is 11.3 Å². The minimum absolute atomic E-state index is 0.0550. The van der Waals surface area contributed by atoms with Gasteiger partial charge < -0.3 is 4.98 Å². The molecule has 0 unspecified atom stereocenters. The summed E-state index contributed by atoms with van der Waals surface area (Å²) in [5.74, 6) is 0. The van der Waals surface area contributed by atoms with Gasteiger partial charge in [0.05, 0.1) is 11.8 Å². The Kier molecular flexibility index (Phi) is 1.67. The van der Waals surface area contributed by atoms with Gasteiger partial charge in [0.15, 0.2) is 0 Å². The van der Waals surface area contributed by atoms with Crippen LogP contribution in [0.4, 0.5) is 0 Å². The second-order valence-corrected chi connectivity index (χ2v) is 4.48. The number of aryl methyl sites for hydroxylation is 1. The van der Waals surface area contributed by atoms with Crippen molar-refractivity contribution in [3.8, 4) is 0 Å². The number of hydrogen-bond donors (Lipinski definition) is 1. The van der Waals surface area contributed by atoms with Crippen LogP contribution in [0.5, 0.6) is 0 Å². The normalized spacial score (nSPS) is 11.3. The number of nitrogens with one attached hydrogen (secondary N) is 1. The number of hydrogen-bond acceptors (Lipinski definition) is 3. The first kappa shape index (κ1) is 8.61. The number of fused-ring (bicyclic) bond motifs is 3. The van der Waals surface area contributed by atoms with Crippen LogP contribution in [0.3, 0.4) is 0 Å². The largest absolute Gasteiger partial charge is 0.312 e. The Morgan fingerprint density at radius 1 is 1.33 bits per heavy atom. The van der Waals surface area contributed by atoms with Gasteiger partial charge in [-0.05, 0) is 12.5 Å². The zero-order valence-electron chi connectivity index (χ0n) is 8.07. The highest BCUT2D eigenvalue weighted by molar-refractivity contribution is 7.25. The number of thiophene rings is 1. The fourth-order valence-electron chi connectivity index (χ4n) is 1.75. The van der Waals surface area contributed by atoms with Crippen molar-refractivity contribution in [1.82, 2.24) is 9.97 Å². The molecule has 0 atom stereocenters. The Morgan fingerprint density at radius 3 is 3.07 bits per heavy atom. The van der Waals surface area contributed by atoms with E-state index in [0.717, 1.165) is 15.6 Å². The van der Waals surface area contributed by atoms with Crippen LogP contribution in [-0.2, 0) is 0 Å². The molecule has 3 nitrogen and oxygen atoms in total. The van der Waals surface area contributed by atoms with Gasteiger partial charge in [0.1, 0.15) is 4.70 Å².